The molecule has 2 aromatic heterocycles. The van der Waals surface area contributed by atoms with Crippen LogP contribution in [0, 0.1) is 24.1 Å². The van der Waals surface area contributed by atoms with Crippen LogP contribution in [0.2, 0.25) is 0 Å². The molecule has 0 N–H and O–H groups in total. The number of aromatic nitrogens is 3. The van der Waals surface area contributed by atoms with Gasteiger partial charge in [0.15, 0.2) is 0 Å². The fraction of sp³-hybridized carbons (Fsp3) is 0.0417. The largest absolute Gasteiger partial charge is 0.256 e. The summed E-state index contributed by atoms with van der Waals surface area (Å²) >= 11 is 0. The lowest BCUT2D eigenvalue weighted by Crippen LogP contribution is -1.94. The second kappa shape index (κ2) is 7.91. The first-order chi connectivity index (χ1) is 14.1. The van der Waals surface area contributed by atoms with Gasteiger partial charge in [-0.2, -0.15) is 10.4 Å². The van der Waals surface area contributed by atoms with E-state index in [9.17, 15) is 9.65 Å². The SMILES string of the molecule is Cc1ccc(-c2nn(-c3ccc(F)cc3)cc2C=C(C#N)c2ccccn2)cc1. The molecule has 0 amide bonds. The standard InChI is InChI=1S/C24H17FN4/c1-17-5-7-18(8-6-17)24-20(14-19(15-26)23-4-2-3-13-27-23)16-29(28-24)22-11-9-21(25)10-12-22/h2-14,16H,1H3. The van der Waals surface area contributed by atoms with E-state index in [1.165, 1.54) is 12.1 Å². The highest BCUT2D eigenvalue weighted by Gasteiger charge is 2.13. The third kappa shape index (κ3) is 3.97. The van der Waals surface area contributed by atoms with Gasteiger partial charge in [0.2, 0.25) is 0 Å². The molecule has 0 atom stereocenters. The van der Waals surface area contributed by atoms with Gasteiger partial charge in [0.05, 0.1) is 22.6 Å². The van der Waals surface area contributed by atoms with E-state index in [2.05, 4.69) is 11.1 Å². The molecule has 0 aliphatic heterocycles. The van der Waals surface area contributed by atoms with Crippen LogP contribution >= 0.6 is 0 Å². The molecule has 5 heteroatoms. The van der Waals surface area contributed by atoms with E-state index >= 15 is 0 Å². The fourth-order valence-corrected chi connectivity index (χ4v) is 3.00. The van der Waals surface area contributed by atoms with Gasteiger partial charge in [0.25, 0.3) is 0 Å². The van der Waals surface area contributed by atoms with Crippen LogP contribution in [0.4, 0.5) is 4.39 Å². The molecule has 2 aromatic carbocycles. The van der Waals surface area contributed by atoms with Gasteiger partial charge in [-0.05, 0) is 49.4 Å². The highest BCUT2D eigenvalue weighted by atomic mass is 19.1. The summed E-state index contributed by atoms with van der Waals surface area (Å²) in [5, 5.41) is 14.4. The Morgan fingerprint density at radius 3 is 2.45 bits per heavy atom. The fourth-order valence-electron chi connectivity index (χ4n) is 3.00. The molecular formula is C24H17FN4. The normalized spacial score (nSPS) is 11.3. The predicted octanol–water partition coefficient (Wildman–Crippen LogP) is 5.45. The van der Waals surface area contributed by atoms with Gasteiger partial charge < -0.3 is 0 Å². The first-order valence-electron chi connectivity index (χ1n) is 9.10. The topological polar surface area (TPSA) is 54.5 Å². The number of aryl methyl sites for hydroxylation is 1. The van der Waals surface area contributed by atoms with Gasteiger partial charge in [-0.15, -0.1) is 0 Å². The molecule has 0 aliphatic carbocycles. The van der Waals surface area contributed by atoms with E-state index in [1.807, 2.05) is 49.5 Å². The molecule has 0 bridgehead atoms. The Labute approximate surface area is 168 Å². The Morgan fingerprint density at radius 1 is 1.03 bits per heavy atom. The van der Waals surface area contributed by atoms with Crippen molar-refractivity contribution >= 4 is 11.6 Å². The lowest BCUT2D eigenvalue weighted by molar-refractivity contribution is 0.627. The molecule has 2 heterocycles. The van der Waals surface area contributed by atoms with Crippen LogP contribution in [0.1, 0.15) is 16.8 Å². The molecule has 4 aromatic rings. The molecule has 29 heavy (non-hydrogen) atoms. The van der Waals surface area contributed by atoms with Crippen molar-refractivity contribution < 1.29 is 4.39 Å². The van der Waals surface area contributed by atoms with Gasteiger partial charge >= 0.3 is 0 Å². The Hall–Kier alpha value is -4.04. The summed E-state index contributed by atoms with van der Waals surface area (Å²) in [6.45, 7) is 2.02. The number of halogens is 1. The maximum absolute atomic E-state index is 13.3. The first-order valence-corrected chi connectivity index (χ1v) is 9.10. The summed E-state index contributed by atoms with van der Waals surface area (Å²) in [4.78, 5) is 4.28. The van der Waals surface area contributed by atoms with Crippen LogP contribution < -0.4 is 0 Å². The van der Waals surface area contributed by atoms with Crippen molar-refractivity contribution in [2.45, 2.75) is 6.92 Å². The van der Waals surface area contributed by atoms with E-state index in [4.69, 9.17) is 5.10 Å². The number of allylic oxidation sites excluding steroid dienone is 1. The second-order valence-electron chi connectivity index (χ2n) is 6.60. The van der Waals surface area contributed by atoms with Gasteiger partial charge in [-0.25, -0.2) is 9.07 Å². The van der Waals surface area contributed by atoms with E-state index < -0.39 is 0 Å². The molecule has 0 saturated heterocycles. The van der Waals surface area contributed by atoms with Gasteiger partial charge in [-0.1, -0.05) is 35.9 Å². The minimum absolute atomic E-state index is 0.304. The van der Waals surface area contributed by atoms with Crippen molar-refractivity contribution in [3.05, 3.63) is 102 Å². The summed E-state index contributed by atoms with van der Waals surface area (Å²) in [7, 11) is 0. The molecule has 0 fully saturated rings. The zero-order chi connectivity index (χ0) is 20.2. The summed E-state index contributed by atoms with van der Waals surface area (Å²) < 4.78 is 15.0. The van der Waals surface area contributed by atoms with Gasteiger partial charge in [0.1, 0.15) is 11.9 Å². The highest BCUT2D eigenvalue weighted by Crippen LogP contribution is 2.27. The molecule has 0 radical (unpaired) electrons. The maximum atomic E-state index is 13.3. The second-order valence-corrected chi connectivity index (χ2v) is 6.60. The van der Waals surface area contributed by atoms with Crippen LogP contribution in [-0.2, 0) is 0 Å². The summed E-state index contributed by atoms with van der Waals surface area (Å²) in [5.74, 6) is -0.304. The molecule has 0 saturated carbocycles. The van der Waals surface area contributed by atoms with Crippen LogP contribution in [0.15, 0.2) is 79.1 Å². The summed E-state index contributed by atoms with van der Waals surface area (Å²) in [5.41, 5.74) is 5.36. The molecule has 0 spiro atoms. The average Bonchev–Trinajstić information content (AvgIpc) is 3.17. The van der Waals surface area contributed by atoms with Crippen LogP contribution in [0.3, 0.4) is 0 Å². The monoisotopic (exact) mass is 380 g/mol. The Kier molecular flexibility index (Phi) is 5.00. The molecule has 0 unspecified atom stereocenters. The van der Waals surface area contributed by atoms with Crippen LogP contribution in [0.25, 0.3) is 28.6 Å². The zero-order valence-electron chi connectivity index (χ0n) is 15.7. The number of nitrogens with zero attached hydrogens (tertiary/aromatic N) is 4. The smallest absolute Gasteiger partial charge is 0.123 e. The number of rotatable bonds is 4. The lowest BCUT2D eigenvalue weighted by Gasteiger charge is -2.02. The van der Waals surface area contributed by atoms with Crippen molar-refractivity contribution in [3.8, 4) is 23.0 Å². The van der Waals surface area contributed by atoms with Crippen LogP contribution in [-0.4, -0.2) is 14.8 Å². The highest BCUT2D eigenvalue weighted by molar-refractivity contribution is 5.91. The summed E-state index contributed by atoms with van der Waals surface area (Å²) in [6, 6.07) is 21.8. The first kappa shape index (κ1) is 18.3. The average molecular weight is 380 g/mol. The Bertz CT molecular complexity index is 1200. The number of benzene rings is 2. The minimum atomic E-state index is -0.304. The predicted molar refractivity (Wildman–Crippen MR) is 111 cm³/mol. The Balaban J connectivity index is 1.87. The van der Waals surface area contributed by atoms with Crippen LogP contribution in [0.5, 0.6) is 0 Å². The Morgan fingerprint density at radius 2 is 1.79 bits per heavy atom. The van der Waals surface area contributed by atoms with Gasteiger partial charge in [0, 0.05) is 23.5 Å². The number of hydrogen-bond acceptors (Lipinski definition) is 3. The zero-order valence-corrected chi connectivity index (χ0v) is 15.7. The van der Waals surface area contributed by atoms with Crippen molar-refractivity contribution in [2.24, 2.45) is 0 Å². The summed E-state index contributed by atoms with van der Waals surface area (Å²) in [6.07, 6.45) is 5.27. The van der Waals surface area contributed by atoms with E-state index in [0.717, 1.165) is 28.1 Å². The van der Waals surface area contributed by atoms with Crippen molar-refractivity contribution in [1.82, 2.24) is 14.8 Å². The number of nitriles is 1. The van der Waals surface area contributed by atoms with E-state index in [1.54, 1.807) is 35.2 Å². The van der Waals surface area contributed by atoms with Crippen molar-refractivity contribution in [2.75, 3.05) is 0 Å². The third-order valence-corrected chi connectivity index (χ3v) is 4.52. The molecule has 4 nitrogen and oxygen atoms in total. The van der Waals surface area contributed by atoms with Gasteiger partial charge in [-0.3, -0.25) is 4.98 Å². The number of pyridine rings is 1. The molecular weight excluding hydrogens is 363 g/mol. The van der Waals surface area contributed by atoms with Crippen molar-refractivity contribution in [1.29, 1.82) is 5.26 Å². The molecule has 4 rings (SSSR count). The maximum Gasteiger partial charge on any atom is 0.123 e. The van der Waals surface area contributed by atoms with E-state index in [0.29, 0.717) is 11.3 Å². The third-order valence-electron chi connectivity index (χ3n) is 4.52. The lowest BCUT2D eigenvalue weighted by atomic mass is 10.0. The quantitative estimate of drug-likeness (QED) is 0.443. The number of hydrogen-bond donors (Lipinski definition) is 0. The minimum Gasteiger partial charge on any atom is -0.256 e. The molecule has 0 aliphatic rings. The molecule has 140 valence electrons. The van der Waals surface area contributed by atoms with Crippen molar-refractivity contribution in [3.63, 3.8) is 0 Å². The van der Waals surface area contributed by atoms with E-state index in [-0.39, 0.29) is 5.82 Å².